The minimum atomic E-state index is -0.0832. The molecular formula is C18H21N3O. The van der Waals surface area contributed by atoms with Crippen LogP contribution in [0, 0.1) is 23.2 Å². The van der Waals surface area contributed by atoms with E-state index in [1.54, 1.807) is 6.20 Å². The predicted molar refractivity (Wildman–Crippen MR) is 85.3 cm³/mol. The highest BCUT2D eigenvalue weighted by Gasteiger charge is 2.54. The molecule has 4 aliphatic carbocycles. The molecule has 4 heteroatoms. The third kappa shape index (κ3) is 1.82. The summed E-state index contributed by atoms with van der Waals surface area (Å²) in [5.74, 6) is 2.66. The van der Waals surface area contributed by atoms with Gasteiger partial charge in [-0.15, -0.1) is 0 Å². The largest absolute Gasteiger partial charge is 0.326 e. The first-order chi connectivity index (χ1) is 10.7. The second kappa shape index (κ2) is 4.34. The number of carbonyl (C=O) groups is 1. The van der Waals surface area contributed by atoms with Crippen molar-refractivity contribution in [3.63, 3.8) is 0 Å². The van der Waals surface area contributed by atoms with Crippen molar-refractivity contribution in [2.24, 2.45) is 23.2 Å². The zero-order valence-corrected chi connectivity index (χ0v) is 12.6. The molecule has 4 bridgehead atoms. The molecule has 0 unspecified atom stereocenters. The predicted octanol–water partition coefficient (Wildman–Crippen LogP) is 3.72. The van der Waals surface area contributed by atoms with Crippen LogP contribution in [0.4, 0.5) is 5.69 Å². The molecule has 0 spiro atoms. The second-order valence-corrected chi connectivity index (χ2v) is 7.82. The van der Waals surface area contributed by atoms with Gasteiger partial charge in [-0.05, 0) is 74.5 Å². The number of aromatic amines is 1. The molecule has 4 aliphatic rings. The molecule has 4 fully saturated rings. The first-order valence-electron chi connectivity index (χ1n) is 8.45. The molecule has 4 saturated carbocycles. The topological polar surface area (TPSA) is 57.8 Å². The molecular weight excluding hydrogens is 274 g/mol. The number of carbonyl (C=O) groups excluding carboxylic acids is 1. The van der Waals surface area contributed by atoms with Crippen LogP contribution in [0.2, 0.25) is 0 Å². The third-order valence-corrected chi connectivity index (χ3v) is 6.22. The van der Waals surface area contributed by atoms with E-state index in [0.717, 1.165) is 53.6 Å². The molecule has 0 radical (unpaired) electrons. The highest BCUT2D eigenvalue weighted by molar-refractivity contribution is 5.97. The first kappa shape index (κ1) is 12.7. The van der Waals surface area contributed by atoms with Crippen LogP contribution in [0.15, 0.2) is 24.4 Å². The molecule has 2 aromatic rings. The van der Waals surface area contributed by atoms with Crippen LogP contribution in [0.5, 0.6) is 0 Å². The number of H-pyrrole nitrogens is 1. The smallest absolute Gasteiger partial charge is 0.230 e. The Morgan fingerprint density at radius 1 is 1.14 bits per heavy atom. The molecule has 114 valence electrons. The lowest BCUT2D eigenvalue weighted by molar-refractivity contribution is -0.140. The molecule has 1 aromatic carbocycles. The summed E-state index contributed by atoms with van der Waals surface area (Å²) in [5.41, 5.74) is 1.82. The summed E-state index contributed by atoms with van der Waals surface area (Å²) in [7, 11) is 0. The Labute approximate surface area is 129 Å². The van der Waals surface area contributed by atoms with E-state index in [-0.39, 0.29) is 11.3 Å². The quantitative estimate of drug-likeness (QED) is 0.887. The number of anilines is 1. The molecule has 0 aliphatic heterocycles. The maximum atomic E-state index is 13.0. The SMILES string of the molecule is O=C(Nc1ccc2[nH]ncc2c1)C12CC3CC(CC(C3)C1)C2. The van der Waals surface area contributed by atoms with Gasteiger partial charge < -0.3 is 5.32 Å². The fraction of sp³-hybridized carbons (Fsp3) is 0.556. The van der Waals surface area contributed by atoms with E-state index < -0.39 is 0 Å². The standard InChI is InChI=1S/C18H21N3O/c22-17(20-15-1-2-16-14(6-15)10-19-21-16)18-7-11-3-12(8-18)5-13(4-11)9-18/h1-2,6,10-13H,3-5,7-9H2,(H,19,21)(H,20,22). The van der Waals surface area contributed by atoms with Crippen LogP contribution < -0.4 is 5.32 Å². The van der Waals surface area contributed by atoms with Gasteiger partial charge in [0.2, 0.25) is 5.91 Å². The van der Waals surface area contributed by atoms with Crippen molar-refractivity contribution >= 4 is 22.5 Å². The van der Waals surface area contributed by atoms with Gasteiger partial charge in [-0.2, -0.15) is 5.10 Å². The number of amides is 1. The van der Waals surface area contributed by atoms with Crippen LogP contribution in [0.25, 0.3) is 10.9 Å². The number of benzene rings is 1. The fourth-order valence-corrected chi connectivity index (χ4v) is 5.67. The van der Waals surface area contributed by atoms with Crippen molar-refractivity contribution < 1.29 is 4.79 Å². The van der Waals surface area contributed by atoms with E-state index in [0.29, 0.717) is 0 Å². The van der Waals surface area contributed by atoms with Crippen molar-refractivity contribution in [3.8, 4) is 0 Å². The third-order valence-electron chi connectivity index (χ3n) is 6.22. The minimum absolute atomic E-state index is 0.0832. The lowest BCUT2D eigenvalue weighted by atomic mass is 9.49. The Kier molecular flexibility index (Phi) is 2.50. The maximum absolute atomic E-state index is 13.0. The van der Waals surface area contributed by atoms with Crippen molar-refractivity contribution in [2.45, 2.75) is 38.5 Å². The minimum Gasteiger partial charge on any atom is -0.326 e. The Morgan fingerprint density at radius 2 is 1.82 bits per heavy atom. The van der Waals surface area contributed by atoms with Gasteiger partial charge in [0.25, 0.3) is 0 Å². The van der Waals surface area contributed by atoms with E-state index >= 15 is 0 Å². The number of nitrogens with one attached hydrogen (secondary N) is 2. The van der Waals surface area contributed by atoms with Crippen LogP contribution in [-0.2, 0) is 4.79 Å². The summed E-state index contributed by atoms with van der Waals surface area (Å²) in [4.78, 5) is 13.0. The first-order valence-corrected chi connectivity index (χ1v) is 8.45. The second-order valence-electron chi connectivity index (χ2n) is 7.82. The zero-order chi connectivity index (χ0) is 14.7. The summed E-state index contributed by atoms with van der Waals surface area (Å²) < 4.78 is 0. The number of fused-ring (bicyclic) bond motifs is 1. The van der Waals surface area contributed by atoms with Gasteiger partial charge >= 0.3 is 0 Å². The molecule has 6 rings (SSSR count). The van der Waals surface area contributed by atoms with Crippen molar-refractivity contribution in [2.75, 3.05) is 5.32 Å². The van der Waals surface area contributed by atoms with Crippen molar-refractivity contribution in [3.05, 3.63) is 24.4 Å². The Bertz CT molecular complexity index is 712. The molecule has 22 heavy (non-hydrogen) atoms. The van der Waals surface area contributed by atoms with E-state index in [1.165, 1.54) is 19.3 Å². The van der Waals surface area contributed by atoms with Crippen molar-refractivity contribution in [1.29, 1.82) is 0 Å². The van der Waals surface area contributed by atoms with E-state index in [4.69, 9.17) is 0 Å². The van der Waals surface area contributed by atoms with Gasteiger partial charge in [-0.1, -0.05) is 0 Å². The summed E-state index contributed by atoms with van der Waals surface area (Å²) in [6, 6.07) is 5.97. The highest BCUT2D eigenvalue weighted by atomic mass is 16.2. The average molecular weight is 295 g/mol. The summed E-state index contributed by atoms with van der Waals surface area (Å²) >= 11 is 0. The molecule has 1 aromatic heterocycles. The Balaban J connectivity index is 1.42. The summed E-state index contributed by atoms with van der Waals surface area (Å²) in [6.45, 7) is 0. The molecule has 1 heterocycles. The van der Waals surface area contributed by atoms with E-state index in [2.05, 4.69) is 15.5 Å². The van der Waals surface area contributed by atoms with Crippen LogP contribution in [-0.4, -0.2) is 16.1 Å². The fourth-order valence-electron chi connectivity index (χ4n) is 5.67. The van der Waals surface area contributed by atoms with Crippen LogP contribution in [0.1, 0.15) is 38.5 Å². The number of hydrogen-bond donors (Lipinski definition) is 2. The normalized spacial score (nSPS) is 35.9. The lowest BCUT2D eigenvalue weighted by Gasteiger charge is -2.55. The lowest BCUT2D eigenvalue weighted by Crippen LogP contribution is -2.51. The number of nitrogens with zero attached hydrogens (tertiary/aromatic N) is 1. The van der Waals surface area contributed by atoms with Gasteiger partial charge in [0, 0.05) is 11.1 Å². The van der Waals surface area contributed by atoms with Gasteiger partial charge in [-0.3, -0.25) is 9.89 Å². The molecule has 1 amide bonds. The van der Waals surface area contributed by atoms with Gasteiger partial charge in [0.15, 0.2) is 0 Å². The molecule has 2 N–H and O–H groups in total. The molecule has 0 atom stereocenters. The highest BCUT2D eigenvalue weighted by Crippen LogP contribution is 2.60. The summed E-state index contributed by atoms with van der Waals surface area (Å²) in [6.07, 6.45) is 9.24. The van der Waals surface area contributed by atoms with Crippen LogP contribution in [0.3, 0.4) is 0 Å². The monoisotopic (exact) mass is 295 g/mol. The Hall–Kier alpha value is -1.84. The Morgan fingerprint density at radius 3 is 2.50 bits per heavy atom. The van der Waals surface area contributed by atoms with E-state index in [9.17, 15) is 4.79 Å². The van der Waals surface area contributed by atoms with Gasteiger partial charge in [0.05, 0.1) is 17.1 Å². The average Bonchev–Trinajstić information content (AvgIpc) is 2.93. The molecule has 0 saturated heterocycles. The maximum Gasteiger partial charge on any atom is 0.230 e. The van der Waals surface area contributed by atoms with Crippen LogP contribution >= 0.6 is 0 Å². The number of rotatable bonds is 2. The van der Waals surface area contributed by atoms with Gasteiger partial charge in [0.1, 0.15) is 0 Å². The number of hydrogen-bond acceptors (Lipinski definition) is 2. The van der Waals surface area contributed by atoms with E-state index in [1.807, 2.05) is 18.2 Å². The van der Waals surface area contributed by atoms with Crippen molar-refractivity contribution in [1.82, 2.24) is 10.2 Å². The number of aromatic nitrogens is 2. The zero-order valence-electron chi connectivity index (χ0n) is 12.6. The summed E-state index contributed by atoms with van der Waals surface area (Å²) in [5, 5.41) is 11.2. The van der Waals surface area contributed by atoms with Gasteiger partial charge in [-0.25, -0.2) is 0 Å². The molecule has 4 nitrogen and oxygen atoms in total.